The predicted molar refractivity (Wildman–Crippen MR) is 72.2 cm³/mol. The minimum atomic E-state index is -3.38. The topological polar surface area (TPSA) is 55.4 Å². The molecule has 0 atom stereocenters. The SMILES string of the molecule is COCCCCNS(=O)(=O)c1ccc(C)c(C)c1. The number of benzene rings is 1. The number of hydrogen-bond acceptors (Lipinski definition) is 3. The third-order valence-corrected chi connectivity index (χ3v) is 4.31. The van der Waals surface area contributed by atoms with Crippen LogP contribution in [0, 0.1) is 13.8 Å². The van der Waals surface area contributed by atoms with E-state index in [0.717, 1.165) is 24.0 Å². The Kier molecular flexibility index (Phi) is 5.78. The van der Waals surface area contributed by atoms with Gasteiger partial charge in [0.15, 0.2) is 0 Å². The van der Waals surface area contributed by atoms with Crippen LogP contribution in [0.3, 0.4) is 0 Å². The Hall–Kier alpha value is -0.910. The summed E-state index contributed by atoms with van der Waals surface area (Å²) >= 11 is 0. The van der Waals surface area contributed by atoms with E-state index in [1.807, 2.05) is 19.9 Å². The second-order valence-electron chi connectivity index (χ2n) is 4.34. The van der Waals surface area contributed by atoms with Crippen LogP contribution in [-0.4, -0.2) is 28.7 Å². The first-order chi connectivity index (χ1) is 8.47. The van der Waals surface area contributed by atoms with Gasteiger partial charge in [-0.3, -0.25) is 0 Å². The number of methoxy groups -OCH3 is 1. The van der Waals surface area contributed by atoms with Crippen LogP contribution >= 0.6 is 0 Å². The zero-order valence-electron chi connectivity index (χ0n) is 11.2. The normalized spacial score (nSPS) is 11.7. The molecule has 0 heterocycles. The largest absolute Gasteiger partial charge is 0.385 e. The maximum atomic E-state index is 12.0. The molecule has 1 rings (SSSR count). The van der Waals surface area contributed by atoms with Crippen molar-refractivity contribution >= 4 is 10.0 Å². The maximum Gasteiger partial charge on any atom is 0.240 e. The number of unbranched alkanes of at least 4 members (excludes halogenated alkanes) is 1. The van der Waals surface area contributed by atoms with Crippen molar-refractivity contribution in [3.05, 3.63) is 29.3 Å². The Balaban J connectivity index is 2.60. The highest BCUT2D eigenvalue weighted by Gasteiger charge is 2.13. The van der Waals surface area contributed by atoms with Gasteiger partial charge in [-0.25, -0.2) is 13.1 Å². The highest BCUT2D eigenvalue weighted by molar-refractivity contribution is 7.89. The van der Waals surface area contributed by atoms with Crippen LogP contribution < -0.4 is 4.72 Å². The molecule has 102 valence electrons. The highest BCUT2D eigenvalue weighted by atomic mass is 32.2. The highest BCUT2D eigenvalue weighted by Crippen LogP contribution is 2.14. The van der Waals surface area contributed by atoms with Gasteiger partial charge in [0.2, 0.25) is 10.0 Å². The van der Waals surface area contributed by atoms with Gasteiger partial charge in [0.05, 0.1) is 4.90 Å². The summed E-state index contributed by atoms with van der Waals surface area (Å²) in [6.07, 6.45) is 1.63. The van der Waals surface area contributed by atoms with E-state index in [-0.39, 0.29) is 0 Å². The third kappa shape index (κ3) is 4.40. The lowest BCUT2D eigenvalue weighted by Crippen LogP contribution is -2.25. The first-order valence-electron chi connectivity index (χ1n) is 6.03. The van der Waals surface area contributed by atoms with Crippen molar-refractivity contribution in [3.8, 4) is 0 Å². The molecule has 0 fully saturated rings. The van der Waals surface area contributed by atoms with E-state index < -0.39 is 10.0 Å². The summed E-state index contributed by atoms with van der Waals surface area (Å²) in [5.41, 5.74) is 2.08. The van der Waals surface area contributed by atoms with Crippen LogP contribution in [0.15, 0.2) is 23.1 Å². The van der Waals surface area contributed by atoms with Crippen LogP contribution in [0.4, 0.5) is 0 Å². The smallest absolute Gasteiger partial charge is 0.240 e. The fourth-order valence-corrected chi connectivity index (χ4v) is 2.70. The van der Waals surface area contributed by atoms with E-state index in [1.165, 1.54) is 0 Å². The van der Waals surface area contributed by atoms with Crippen molar-refractivity contribution in [3.63, 3.8) is 0 Å². The Labute approximate surface area is 109 Å². The lowest BCUT2D eigenvalue weighted by atomic mass is 10.1. The van der Waals surface area contributed by atoms with E-state index in [2.05, 4.69) is 4.72 Å². The zero-order valence-corrected chi connectivity index (χ0v) is 12.0. The number of hydrogen-bond donors (Lipinski definition) is 1. The van der Waals surface area contributed by atoms with Gasteiger partial charge < -0.3 is 4.74 Å². The molecule has 4 nitrogen and oxygen atoms in total. The Morgan fingerprint density at radius 1 is 1.17 bits per heavy atom. The second kappa shape index (κ2) is 6.87. The number of sulfonamides is 1. The van der Waals surface area contributed by atoms with Crippen LogP contribution in [-0.2, 0) is 14.8 Å². The van der Waals surface area contributed by atoms with Gasteiger partial charge in [0.25, 0.3) is 0 Å². The minimum Gasteiger partial charge on any atom is -0.385 e. The first kappa shape index (κ1) is 15.1. The summed E-state index contributed by atoms with van der Waals surface area (Å²) < 4.78 is 31.5. The average molecular weight is 271 g/mol. The standard InChI is InChI=1S/C13H21NO3S/c1-11-6-7-13(10-12(11)2)18(15,16)14-8-4-5-9-17-3/h6-7,10,14H,4-5,8-9H2,1-3H3. The van der Waals surface area contributed by atoms with E-state index in [9.17, 15) is 8.42 Å². The molecule has 0 aliphatic rings. The van der Waals surface area contributed by atoms with Crippen molar-refractivity contribution in [1.29, 1.82) is 0 Å². The lowest BCUT2D eigenvalue weighted by Gasteiger charge is -2.08. The molecule has 0 aliphatic heterocycles. The summed E-state index contributed by atoms with van der Waals surface area (Å²) in [6, 6.07) is 5.17. The zero-order chi connectivity index (χ0) is 13.6. The first-order valence-corrected chi connectivity index (χ1v) is 7.51. The molecular weight excluding hydrogens is 250 g/mol. The summed E-state index contributed by atoms with van der Waals surface area (Å²) in [5, 5.41) is 0. The number of aryl methyl sites for hydroxylation is 2. The van der Waals surface area contributed by atoms with E-state index in [0.29, 0.717) is 18.0 Å². The van der Waals surface area contributed by atoms with Crippen LogP contribution in [0.2, 0.25) is 0 Å². The molecule has 0 aromatic heterocycles. The van der Waals surface area contributed by atoms with Gasteiger partial charge >= 0.3 is 0 Å². The van der Waals surface area contributed by atoms with Gasteiger partial charge in [-0.05, 0) is 49.9 Å². The summed E-state index contributed by atoms with van der Waals surface area (Å²) in [5.74, 6) is 0. The molecular formula is C13H21NO3S. The Morgan fingerprint density at radius 3 is 2.50 bits per heavy atom. The number of ether oxygens (including phenoxy) is 1. The van der Waals surface area contributed by atoms with Crippen molar-refractivity contribution < 1.29 is 13.2 Å². The van der Waals surface area contributed by atoms with Gasteiger partial charge in [-0.1, -0.05) is 6.07 Å². The van der Waals surface area contributed by atoms with Crippen LogP contribution in [0.1, 0.15) is 24.0 Å². The maximum absolute atomic E-state index is 12.0. The molecule has 0 saturated heterocycles. The van der Waals surface area contributed by atoms with Gasteiger partial charge in [-0.15, -0.1) is 0 Å². The second-order valence-corrected chi connectivity index (χ2v) is 6.11. The molecule has 0 unspecified atom stereocenters. The van der Waals surface area contributed by atoms with Crippen molar-refractivity contribution in [2.24, 2.45) is 0 Å². The summed E-state index contributed by atoms with van der Waals surface area (Å²) in [4.78, 5) is 0.331. The average Bonchev–Trinajstić information content (AvgIpc) is 2.32. The molecule has 1 aromatic rings. The third-order valence-electron chi connectivity index (χ3n) is 2.86. The lowest BCUT2D eigenvalue weighted by molar-refractivity contribution is 0.193. The number of nitrogens with one attached hydrogen (secondary N) is 1. The molecule has 1 aromatic carbocycles. The Bertz CT molecular complexity index is 483. The predicted octanol–water partition coefficient (Wildman–Crippen LogP) is 2.01. The molecule has 0 amide bonds. The van der Waals surface area contributed by atoms with Crippen LogP contribution in [0.25, 0.3) is 0 Å². The van der Waals surface area contributed by atoms with Gasteiger partial charge in [-0.2, -0.15) is 0 Å². The van der Waals surface area contributed by atoms with Crippen molar-refractivity contribution in [2.45, 2.75) is 31.6 Å². The summed E-state index contributed by atoms with van der Waals surface area (Å²) in [6.45, 7) is 4.97. The molecule has 1 N–H and O–H groups in total. The van der Waals surface area contributed by atoms with E-state index >= 15 is 0 Å². The fraction of sp³-hybridized carbons (Fsp3) is 0.538. The fourth-order valence-electron chi connectivity index (χ4n) is 1.54. The van der Waals surface area contributed by atoms with Gasteiger partial charge in [0.1, 0.15) is 0 Å². The molecule has 5 heteroatoms. The minimum absolute atomic E-state index is 0.331. The van der Waals surface area contributed by atoms with Crippen LogP contribution in [0.5, 0.6) is 0 Å². The Morgan fingerprint density at radius 2 is 1.89 bits per heavy atom. The monoisotopic (exact) mass is 271 g/mol. The summed E-state index contributed by atoms with van der Waals surface area (Å²) in [7, 11) is -1.74. The molecule has 0 bridgehead atoms. The van der Waals surface area contributed by atoms with E-state index in [1.54, 1.807) is 19.2 Å². The molecule has 0 radical (unpaired) electrons. The van der Waals surface area contributed by atoms with Crippen molar-refractivity contribution in [1.82, 2.24) is 4.72 Å². The van der Waals surface area contributed by atoms with Crippen molar-refractivity contribution in [2.75, 3.05) is 20.3 Å². The molecule has 0 spiro atoms. The molecule has 18 heavy (non-hydrogen) atoms. The molecule has 0 saturated carbocycles. The van der Waals surface area contributed by atoms with E-state index in [4.69, 9.17) is 4.74 Å². The molecule has 0 aliphatic carbocycles. The number of rotatable bonds is 7. The van der Waals surface area contributed by atoms with Gasteiger partial charge in [0, 0.05) is 20.3 Å². The quantitative estimate of drug-likeness (QED) is 0.772.